The van der Waals surface area contributed by atoms with Crippen molar-refractivity contribution in [3.63, 3.8) is 0 Å². The van der Waals surface area contributed by atoms with Gasteiger partial charge in [-0.15, -0.1) is 0 Å². The number of benzene rings is 1. The van der Waals surface area contributed by atoms with Crippen LogP contribution in [-0.4, -0.2) is 39.8 Å². The van der Waals surface area contributed by atoms with Crippen molar-refractivity contribution in [2.75, 3.05) is 13.1 Å². The first kappa shape index (κ1) is 15.4. The average molecular weight is 326 g/mol. The van der Waals surface area contributed by atoms with Gasteiger partial charge in [0.05, 0.1) is 5.60 Å². The summed E-state index contributed by atoms with van der Waals surface area (Å²) >= 11 is 0. The number of nitrogens with zero attached hydrogens (tertiary/aromatic N) is 2. The maximum atomic E-state index is 13.0. The molecule has 2 aromatic rings. The number of piperidine rings is 1. The van der Waals surface area contributed by atoms with Gasteiger partial charge in [0.25, 0.3) is 5.91 Å². The van der Waals surface area contributed by atoms with Crippen LogP contribution in [0.4, 0.5) is 0 Å². The highest BCUT2D eigenvalue weighted by molar-refractivity contribution is 6.00. The van der Waals surface area contributed by atoms with E-state index in [4.69, 9.17) is 4.52 Å². The van der Waals surface area contributed by atoms with Crippen LogP contribution in [0.1, 0.15) is 41.8 Å². The molecular weight excluding hydrogens is 304 g/mol. The van der Waals surface area contributed by atoms with E-state index < -0.39 is 5.60 Å². The van der Waals surface area contributed by atoms with E-state index in [0.717, 1.165) is 31.2 Å². The Kier molecular flexibility index (Phi) is 3.68. The lowest BCUT2D eigenvalue weighted by atomic mass is 9.89. The van der Waals surface area contributed by atoms with E-state index in [2.05, 4.69) is 5.16 Å². The van der Waals surface area contributed by atoms with Gasteiger partial charge in [0.15, 0.2) is 0 Å². The van der Waals surface area contributed by atoms with E-state index in [1.807, 2.05) is 35.2 Å². The fraction of sp³-hybridized carbons (Fsp3) is 0.474. The molecule has 1 aliphatic heterocycles. The van der Waals surface area contributed by atoms with E-state index in [-0.39, 0.29) is 5.91 Å². The van der Waals surface area contributed by atoms with Gasteiger partial charge in [-0.05, 0) is 38.5 Å². The SMILES string of the molecule is Cc1onc(-c2ccccc2)c1C(=O)N1CCC(C2(O)CC2)CC1. The van der Waals surface area contributed by atoms with Crippen LogP contribution < -0.4 is 0 Å². The molecule has 2 aliphatic rings. The number of likely N-dealkylation sites (tertiary alicyclic amines) is 1. The lowest BCUT2D eigenvalue weighted by Gasteiger charge is -2.34. The highest BCUT2D eigenvalue weighted by Crippen LogP contribution is 2.46. The zero-order chi connectivity index (χ0) is 16.7. The number of carbonyl (C=O) groups is 1. The molecule has 1 saturated heterocycles. The second-order valence-corrected chi connectivity index (χ2v) is 7.00. The van der Waals surface area contributed by atoms with Gasteiger partial charge in [-0.3, -0.25) is 4.79 Å². The smallest absolute Gasteiger partial charge is 0.259 e. The van der Waals surface area contributed by atoms with Crippen LogP contribution >= 0.6 is 0 Å². The summed E-state index contributed by atoms with van der Waals surface area (Å²) < 4.78 is 5.31. The molecule has 4 rings (SSSR count). The quantitative estimate of drug-likeness (QED) is 0.941. The predicted octanol–water partition coefficient (Wildman–Crippen LogP) is 3.03. The minimum atomic E-state index is -0.447. The van der Waals surface area contributed by atoms with E-state index in [0.29, 0.717) is 36.0 Å². The Hall–Kier alpha value is -2.14. The van der Waals surface area contributed by atoms with Gasteiger partial charge in [-0.2, -0.15) is 0 Å². The Labute approximate surface area is 141 Å². The zero-order valence-corrected chi connectivity index (χ0v) is 13.9. The van der Waals surface area contributed by atoms with Crippen molar-refractivity contribution in [3.8, 4) is 11.3 Å². The Bertz CT molecular complexity index is 741. The molecule has 1 aromatic heterocycles. The molecule has 1 saturated carbocycles. The van der Waals surface area contributed by atoms with Crippen LogP contribution in [0, 0.1) is 12.8 Å². The second kappa shape index (κ2) is 5.74. The van der Waals surface area contributed by atoms with Gasteiger partial charge in [0.1, 0.15) is 17.0 Å². The number of hydrogen-bond acceptors (Lipinski definition) is 4. The minimum absolute atomic E-state index is 0.0196. The second-order valence-electron chi connectivity index (χ2n) is 7.00. The standard InChI is InChI=1S/C19H22N2O3/c1-13-16(17(20-24-13)14-5-3-2-4-6-14)18(22)21-11-7-15(8-12-21)19(23)9-10-19/h2-6,15,23H,7-12H2,1H3. The maximum Gasteiger partial charge on any atom is 0.259 e. The van der Waals surface area contributed by atoms with E-state index in [1.54, 1.807) is 6.92 Å². The van der Waals surface area contributed by atoms with E-state index >= 15 is 0 Å². The summed E-state index contributed by atoms with van der Waals surface area (Å²) in [4.78, 5) is 14.9. The third-order valence-corrected chi connectivity index (χ3v) is 5.43. The van der Waals surface area contributed by atoms with Crippen LogP contribution in [0.25, 0.3) is 11.3 Å². The highest BCUT2D eigenvalue weighted by atomic mass is 16.5. The first-order valence-corrected chi connectivity index (χ1v) is 8.62. The van der Waals surface area contributed by atoms with Crippen LogP contribution in [0.5, 0.6) is 0 Å². The monoisotopic (exact) mass is 326 g/mol. The first-order valence-electron chi connectivity index (χ1n) is 8.62. The first-order chi connectivity index (χ1) is 11.6. The topological polar surface area (TPSA) is 66.6 Å². The predicted molar refractivity (Wildman–Crippen MR) is 89.5 cm³/mol. The number of rotatable bonds is 3. The van der Waals surface area contributed by atoms with Gasteiger partial charge in [0, 0.05) is 18.7 Å². The Morgan fingerprint density at radius 3 is 2.54 bits per heavy atom. The molecule has 126 valence electrons. The summed E-state index contributed by atoms with van der Waals surface area (Å²) in [7, 11) is 0. The number of amides is 1. The van der Waals surface area contributed by atoms with Crippen LogP contribution in [0.15, 0.2) is 34.9 Å². The molecule has 5 nitrogen and oxygen atoms in total. The van der Waals surface area contributed by atoms with E-state index in [9.17, 15) is 9.90 Å². The fourth-order valence-electron chi connectivity index (χ4n) is 3.73. The molecule has 0 spiro atoms. The molecule has 0 bridgehead atoms. The van der Waals surface area contributed by atoms with Crippen molar-refractivity contribution in [2.24, 2.45) is 5.92 Å². The van der Waals surface area contributed by atoms with Gasteiger partial charge in [-0.25, -0.2) is 0 Å². The highest BCUT2D eigenvalue weighted by Gasteiger charge is 2.48. The summed E-state index contributed by atoms with van der Waals surface area (Å²) in [6, 6.07) is 9.65. The molecular formula is C19H22N2O3. The molecule has 5 heteroatoms. The molecule has 2 heterocycles. The Morgan fingerprint density at radius 1 is 1.25 bits per heavy atom. The Morgan fingerprint density at radius 2 is 1.92 bits per heavy atom. The molecule has 1 amide bonds. The van der Waals surface area contributed by atoms with Crippen molar-refractivity contribution in [3.05, 3.63) is 41.7 Å². The molecule has 1 aromatic carbocycles. The van der Waals surface area contributed by atoms with Crippen LogP contribution in [0.2, 0.25) is 0 Å². The van der Waals surface area contributed by atoms with Gasteiger partial charge in [-0.1, -0.05) is 35.5 Å². The van der Waals surface area contributed by atoms with Crippen LogP contribution in [-0.2, 0) is 0 Å². The average Bonchev–Trinajstić information content (AvgIpc) is 3.26. The van der Waals surface area contributed by atoms with Crippen molar-refractivity contribution in [1.82, 2.24) is 10.1 Å². The lowest BCUT2D eigenvalue weighted by Crippen LogP contribution is -2.42. The number of aromatic nitrogens is 1. The van der Waals surface area contributed by atoms with Crippen molar-refractivity contribution in [1.29, 1.82) is 0 Å². The minimum Gasteiger partial charge on any atom is -0.390 e. The van der Waals surface area contributed by atoms with Crippen molar-refractivity contribution >= 4 is 5.91 Å². The summed E-state index contributed by atoms with van der Waals surface area (Å²) in [6.07, 6.45) is 3.56. The molecule has 0 unspecified atom stereocenters. The zero-order valence-electron chi connectivity index (χ0n) is 13.9. The van der Waals surface area contributed by atoms with Crippen molar-refractivity contribution < 1.29 is 14.4 Å². The summed E-state index contributed by atoms with van der Waals surface area (Å²) in [5, 5.41) is 14.4. The summed E-state index contributed by atoms with van der Waals surface area (Å²) in [5.74, 6) is 0.870. The molecule has 2 fully saturated rings. The molecule has 24 heavy (non-hydrogen) atoms. The third kappa shape index (κ3) is 2.63. The fourth-order valence-corrected chi connectivity index (χ4v) is 3.73. The number of hydrogen-bond donors (Lipinski definition) is 1. The summed E-state index contributed by atoms with van der Waals surface area (Å²) in [5.41, 5.74) is 1.61. The Balaban J connectivity index is 1.54. The number of aliphatic hydroxyl groups is 1. The largest absolute Gasteiger partial charge is 0.390 e. The van der Waals surface area contributed by atoms with Crippen LogP contribution in [0.3, 0.4) is 0 Å². The number of aryl methyl sites for hydroxylation is 1. The lowest BCUT2D eigenvalue weighted by molar-refractivity contribution is 0.0340. The van der Waals surface area contributed by atoms with E-state index in [1.165, 1.54) is 0 Å². The molecule has 0 atom stereocenters. The number of carbonyl (C=O) groups excluding carboxylic acids is 1. The molecule has 1 N–H and O–H groups in total. The normalized spacial score (nSPS) is 20.2. The molecule has 0 radical (unpaired) electrons. The van der Waals surface area contributed by atoms with Gasteiger partial charge >= 0.3 is 0 Å². The maximum absolute atomic E-state index is 13.0. The van der Waals surface area contributed by atoms with Gasteiger partial charge < -0.3 is 14.5 Å². The third-order valence-electron chi connectivity index (χ3n) is 5.43. The summed E-state index contributed by atoms with van der Waals surface area (Å²) in [6.45, 7) is 3.15. The molecule has 1 aliphatic carbocycles. The van der Waals surface area contributed by atoms with Crippen molar-refractivity contribution in [2.45, 2.75) is 38.2 Å². The van der Waals surface area contributed by atoms with Gasteiger partial charge in [0.2, 0.25) is 0 Å².